The summed E-state index contributed by atoms with van der Waals surface area (Å²) in [6, 6.07) is 0. The van der Waals surface area contributed by atoms with Crippen molar-refractivity contribution in [3.05, 3.63) is 11.5 Å². The van der Waals surface area contributed by atoms with Gasteiger partial charge in [0, 0.05) is 13.0 Å². The first-order valence-corrected chi connectivity index (χ1v) is 5.07. The number of carboxylic acid groups (broad SMARTS) is 1. The zero-order valence-corrected chi connectivity index (χ0v) is 9.24. The molecule has 0 fully saturated rings. The van der Waals surface area contributed by atoms with Gasteiger partial charge in [-0.15, -0.1) is 20.4 Å². The van der Waals surface area contributed by atoms with Gasteiger partial charge in [-0.3, -0.25) is 5.01 Å². The van der Waals surface area contributed by atoms with Crippen LogP contribution in [0.3, 0.4) is 0 Å². The van der Waals surface area contributed by atoms with Gasteiger partial charge >= 0.3 is 5.97 Å². The van der Waals surface area contributed by atoms with Gasteiger partial charge in [-0.2, -0.15) is 10.4 Å². The van der Waals surface area contributed by atoms with Crippen LogP contribution in [0.25, 0.3) is 0 Å². The molecule has 0 bridgehead atoms. The fourth-order valence-corrected chi connectivity index (χ4v) is 1.37. The fourth-order valence-electron chi connectivity index (χ4n) is 1.37. The van der Waals surface area contributed by atoms with E-state index in [1.807, 2.05) is 0 Å². The molecule has 2 heterocycles. The van der Waals surface area contributed by atoms with Crippen molar-refractivity contribution in [2.45, 2.75) is 12.8 Å². The Kier molecular flexibility index (Phi) is 3.43. The van der Waals surface area contributed by atoms with Crippen LogP contribution < -0.4 is 10.9 Å². The maximum absolute atomic E-state index is 10.8. The van der Waals surface area contributed by atoms with Gasteiger partial charge in [0.1, 0.15) is 0 Å². The van der Waals surface area contributed by atoms with Crippen LogP contribution in [0, 0.1) is 0 Å². The van der Waals surface area contributed by atoms with E-state index in [9.17, 15) is 4.79 Å². The number of nitrogens with zero attached hydrogens (tertiary/aromatic N) is 6. The third kappa shape index (κ3) is 2.57. The van der Waals surface area contributed by atoms with Gasteiger partial charge in [-0.05, 0) is 6.42 Å². The predicted octanol–water partition coefficient (Wildman–Crippen LogP) is -1.67. The van der Waals surface area contributed by atoms with Crippen molar-refractivity contribution >= 4 is 11.8 Å². The van der Waals surface area contributed by atoms with Gasteiger partial charge in [0.15, 0.2) is 11.6 Å². The summed E-state index contributed by atoms with van der Waals surface area (Å²) in [5.74, 6) is 5.18. The Morgan fingerprint density at radius 3 is 2.83 bits per heavy atom. The summed E-state index contributed by atoms with van der Waals surface area (Å²) in [5.41, 5.74) is -0.211. The van der Waals surface area contributed by atoms with E-state index in [2.05, 4.69) is 36.0 Å². The smallest absolute Gasteiger partial charge is 0.360 e. The third-order valence-corrected chi connectivity index (χ3v) is 2.19. The van der Waals surface area contributed by atoms with E-state index in [-0.39, 0.29) is 11.5 Å². The normalized spacial score (nSPS) is 10.5. The van der Waals surface area contributed by atoms with Gasteiger partial charge in [-0.25, -0.2) is 10.6 Å². The molecule has 0 aliphatic rings. The Labute approximate surface area is 100 Å². The van der Waals surface area contributed by atoms with Gasteiger partial charge in [-0.1, -0.05) is 5.21 Å². The summed E-state index contributed by atoms with van der Waals surface area (Å²) in [5, 5.41) is 32.8. The highest BCUT2D eigenvalue weighted by atomic mass is 16.4. The number of hydrogen-bond acceptors (Lipinski definition) is 8. The summed E-state index contributed by atoms with van der Waals surface area (Å²) in [6.07, 6.45) is 1.20. The SMILES string of the molecule is NN(CCCc1nn[nH]n1)c1n[nH]nc1C(=O)O. The molecule has 5 N–H and O–H groups in total. The molecular formula is C7H11N9O2. The molecule has 2 rings (SSSR count). The topological polar surface area (TPSA) is 163 Å². The molecular weight excluding hydrogens is 242 g/mol. The highest BCUT2D eigenvalue weighted by molar-refractivity contribution is 5.90. The first-order valence-electron chi connectivity index (χ1n) is 5.07. The maximum Gasteiger partial charge on any atom is 0.360 e. The molecule has 0 amide bonds. The average molecular weight is 253 g/mol. The minimum Gasteiger partial charge on any atom is -0.476 e. The number of tetrazole rings is 1. The maximum atomic E-state index is 10.8. The van der Waals surface area contributed by atoms with Crippen molar-refractivity contribution < 1.29 is 9.90 Å². The molecule has 0 aromatic carbocycles. The highest BCUT2D eigenvalue weighted by Gasteiger charge is 2.18. The van der Waals surface area contributed by atoms with E-state index in [1.54, 1.807) is 0 Å². The number of hydrogen-bond donors (Lipinski definition) is 4. The Hall–Kier alpha value is -2.56. The van der Waals surface area contributed by atoms with Crippen molar-refractivity contribution in [1.82, 2.24) is 36.0 Å². The number of anilines is 1. The summed E-state index contributed by atoms with van der Waals surface area (Å²) in [7, 11) is 0. The average Bonchev–Trinajstić information content (AvgIpc) is 2.99. The second-order valence-electron chi connectivity index (χ2n) is 3.43. The number of aromatic carboxylic acids is 1. The lowest BCUT2D eigenvalue weighted by atomic mass is 10.3. The van der Waals surface area contributed by atoms with Crippen LogP contribution in [0.5, 0.6) is 0 Å². The van der Waals surface area contributed by atoms with Gasteiger partial charge < -0.3 is 5.11 Å². The minimum atomic E-state index is -1.19. The Morgan fingerprint density at radius 2 is 2.17 bits per heavy atom. The molecule has 0 saturated carbocycles. The van der Waals surface area contributed by atoms with E-state index in [0.29, 0.717) is 25.2 Å². The molecule has 0 spiro atoms. The third-order valence-electron chi connectivity index (χ3n) is 2.19. The number of nitrogens with one attached hydrogen (secondary N) is 2. The Morgan fingerprint density at radius 1 is 1.33 bits per heavy atom. The minimum absolute atomic E-state index is 0.0932. The zero-order chi connectivity index (χ0) is 13.0. The quantitative estimate of drug-likeness (QED) is 0.348. The summed E-state index contributed by atoms with van der Waals surface area (Å²) < 4.78 is 0. The molecule has 11 heteroatoms. The zero-order valence-electron chi connectivity index (χ0n) is 9.24. The molecule has 0 atom stereocenters. The number of H-pyrrole nitrogens is 2. The van der Waals surface area contributed by atoms with Crippen LogP contribution in [0.1, 0.15) is 22.7 Å². The Balaban J connectivity index is 1.89. The van der Waals surface area contributed by atoms with E-state index in [0.717, 1.165) is 0 Å². The first kappa shape index (κ1) is 11.9. The van der Waals surface area contributed by atoms with Crippen molar-refractivity contribution in [3.8, 4) is 0 Å². The predicted molar refractivity (Wildman–Crippen MR) is 57.4 cm³/mol. The lowest BCUT2D eigenvalue weighted by Crippen LogP contribution is -2.33. The summed E-state index contributed by atoms with van der Waals surface area (Å²) in [4.78, 5) is 10.8. The molecule has 11 nitrogen and oxygen atoms in total. The van der Waals surface area contributed by atoms with Crippen LogP contribution in [-0.4, -0.2) is 53.7 Å². The molecule has 18 heavy (non-hydrogen) atoms. The molecule has 0 aliphatic heterocycles. The largest absolute Gasteiger partial charge is 0.476 e. The second kappa shape index (κ2) is 5.18. The van der Waals surface area contributed by atoms with Crippen molar-refractivity contribution in [2.75, 3.05) is 11.6 Å². The molecule has 2 aromatic rings. The van der Waals surface area contributed by atoms with Crippen LogP contribution in [0.15, 0.2) is 0 Å². The second-order valence-corrected chi connectivity index (χ2v) is 3.43. The van der Waals surface area contributed by atoms with E-state index < -0.39 is 5.97 Å². The molecule has 0 aliphatic carbocycles. The summed E-state index contributed by atoms with van der Waals surface area (Å²) in [6.45, 7) is 0.390. The van der Waals surface area contributed by atoms with Crippen LogP contribution in [-0.2, 0) is 6.42 Å². The number of carbonyl (C=O) groups is 1. The molecule has 0 unspecified atom stereocenters. The number of aryl methyl sites for hydroxylation is 1. The van der Waals surface area contributed by atoms with Crippen LogP contribution >= 0.6 is 0 Å². The highest BCUT2D eigenvalue weighted by Crippen LogP contribution is 2.11. The molecule has 96 valence electrons. The summed E-state index contributed by atoms with van der Waals surface area (Å²) >= 11 is 0. The van der Waals surface area contributed by atoms with Crippen LogP contribution in [0.4, 0.5) is 5.82 Å². The monoisotopic (exact) mass is 253 g/mol. The van der Waals surface area contributed by atoms with Crippen molar-refractivity contribution in [3.63, 3.8) is 0 Å². The van der Waals surface area contributed by atoms with Gasteiger partial charge in [0.05, 0.1) is 0 Å². The number of rotatable bonds is 6. The first-order chi connectivity index (χ1) is 8.68. The Bertz CT molecular complexity index is 507. The number of aromatic amines is 2. The van der Waals surface area contributed by atoms with E-state index in [1.165, 1.54) is 5.01 Å². The van der Waals surface area contributed by atoms with Crippen molar-refractivity contribution in [2.24, 2.45) is 5.84 Å². The lowest BCUT2D eigenvalue weighted by molar-refractivity contribution is 0.0691. The number of hydrazine groups is 1. The number of carboxylic acids is 1. The molecule has 2 aromatic heterocycles. The van der Waals surface area contributed by atoms with E-state index >= 15 is 0 Å². The molecule has 0 radical (unpaired) electrons. The van der Waals surface area contributed by atoms with Gasteiger partial charge in [0.2, 0.25) is 5.69 Å². The lowest BCUT2D eigenvalue weighted by Gasteiger charge is -2.14. The number of nitrogens with two attached hydrogens (primary N) is 1. The van der Waals surface area contributed by atoms with Crippen molar-refractivity contribution in [1.29, 1.82) is 0 Å². The van der Waals surface area contributed by atoms with E-state index in [4.69, 9.17) is 10.9 Å². The van der Waals surface area contributed by atoms with Crippen LogP contribution in [0.2, 0.25) is 0 Å². The standard InChI is InChI=1S/C7H11N9O2/c8-16(3-1-2-4-9-14-15-10-4)6-5(7(17)18)11-13-12-6/h1-3,8H2,(H,17,18)(H,11,12,13)(H,9,10,14,15). The van der Waals surface area contributed by atoms with Gasteiger partial charge in [0.25, 0.3) is 0 Å². The molecule has 0 saturated heterocycles. The fraction of sp³-hybridized carbons (Fsp3) is 0.429. The number of aromatic nitrogens is 7.